The number of fused-ring (bicyclic) bond motifs is 1. The fraction of sp³-hybridized carbons (Fsp3) is 0.500. The minimum absolute atomic E-state index is 0.0193. The van der Waals surface area contributed by atoms with Gasteiger partial charge >= 0.3 is 0 Å². The fourth-order valence-electron chi connectivity index (χ4n) is 2.21. The lowest BCUT2D eigenvalue weighted by Gasteiger charge is -2.11. The maximum atomic E-state index is 9.92. The molecule has 0 aromatic carbocycles. The van der Waals surface area contributed by atoms with Crippen LogP contribution in [-0.2, 0) is 4.74 Å². The van der Waals surface area contributed by atoms with Crippen molar-refractivity contribution < 1.29 is 20.1 Å². The third kappa shape index (κ3) is 1.86. The molecule has 1 aliphatic rings. The molecule has 0 bridgehead atoms. The van der Waals surface area contributed by atoms with E-state index in [2.05, 4.69) is 19.9 Å². The largest absolute Gasteiger partial charge is 0.394 e. The van der Waals surface area contributed by atoms with Gasteiger partial charge in [-0.15, -0.1) is 0 Å². The number of rotatable bonds is 2. The van der Waals surface area contributed by atoms with Gasteiger partial charge in [-0.25, -0.2) is 4.98 Å². The highest BCUT2D eigenvalue weighted by atomic mass is 16.6. The second-order valence-electron chi connectivity index (χ2n) is 4.55. The Morgan fingerprint density at radius 1 is 1.15 bits per heavy atom. The van der Waals surface area contributed by atoms with Gasteiger partial charge in [0.15, 0.2) is 11.5 Å². The predicted octanol–water partition coefficient (Wildman–Crippen LogP) is -2.33. The average Bonchev–Trinajstić information content (AvgIpc) is 2.93. The Morgan fingerprint density at radius 3 is 2.55 bits per heavy atom. The van der Waals surface area contributed by atoms with Crippen molar-refractivity contribution in [3.63, 3.8) is 0 Å². The number of aromatic amines is 1. The second kappa shape index (κ2) is 4.52. The Balaban J connectivity index is 2.01. The number of ether oxygens (including phenoxy) is 1. The maximum absolute atomic E-state index is 9.92. The Labute approximate surface area is 112 Å². The Morgan fingerprint density at radius 2 is 1.90 bits per heavy atom. The highest BCUT2D eigenvalue weighted by Crippen LogP contribution is 2.33. The van der Waals surface area contributed by atoms with Gasteiger partial charge in [-0.05, 0) is 0 Å². The zero-order valence-corrected chi connectivity index (χ0v) is 10.3. The van der Waals surface area contributed by atoms with Crippen LogP contribution in [0.3, 0.4) is 0 Å². The lowest BCUT2D eigenvalue weighted by molar-refractivity contribution is -0.0249. The average molecular weight is 282 g/mol. The summed E-state index contributed by atoms with van der Waals surface area (Å²) in [6, 6.07) is 0. The van der Waals surface area contributed by atoms with Gasteiger partial charge in [-0.2, -0.15) is 9.97 Å². The number of imidazole rings is 1. The summed E-state index contributed by atoms with van der Waals surface area (Å²) >= 11 is 0. The van der Waals surface area contributed by atoms with Gasteiger partial charge in [0.1, 0.15) is 35.8 Å². The van der Waals surface area contributed by atoms with E-state index in [0.29, 0.717) is 5.52 Å². The molecule has 1 unspecified atom stereocenters. The van der Waals surface area contributed by atoms with Crippen LogP contribution in [0.2, 0.25) is 0 Å². The van der Waals surface area contributed by atoms with E-state index in [1.807, 2.05) is 0 Å². The van der Waals surface area contributed by atoms with Gasteiger partial charge in [-0.3, -0.25) is 0 Å². The first kappa shape index (κ1) is 13.0. The molecule has 1 fully saturated rings. The number of hydrogen-bond donors (Lipinski definition) is 6. The van der Waals surface area contributed by atoms with E-state index in [0.717, 1.165) is 0 Å². The molecule has 1 aliphatic heterocycles. The second-order valence-corrected chi connectivity index (χ2v) is 4.55. The molecule has 0 saturated carbocycles. The number of hydrogen-bond acceptors (Lipinski definition) is 9. The lowest BCUT2D eigenvalue weighted by atomic mass is 10.1. The first-order chi connectivity index (χ1) is 9.51. The van der Waals surface area contributed by atoms with E-state index in [1.54, 1.807) is 0 Å². The quantitative estimate of drug-likeness (QED) is 0.352. The van der Waals surface area contributed by atoms with Gasteiger partial charge in [0.25, 0.3) is 0 Å². The summed E-state index contributed by atoms with van der Waals surface area (Å²) in [7, 11) is 0. The summed E-state index contributed by atoms with van der Waals surface area (Å²) < 4.78 is 5.36. The third-order valence-electron chi connectivity index (χ3n) is 3.23. The van der Waals surface area contributed by atoms with E-state index in [9.17, 15) is 10.2 Å². The monoisotopic (exact) mass is 282 g/mol. The first-order valence-corrected chi connectivity index (χ1v) is 5.92. The third-order valence-corrected chi connectivity index (χ3v) is 3.23. The summed E-state index contributed by atoms with van der Waals surface area (Å²) in [5.41, 5.74) is 11.8. The van der Waals surface area contributed by atoms with Crippen molar-refractivity contribution in [2.45, 2.75) is 24.4 Å². The van der Waals surface area contributed by atoms with Crippen LogP contribution in [0.25, 0.3) is 11.2 Å². The zero-order chi connectivity index (χ0) is 14.4. The summed E-state index contributed by atoms with van der Waals surface area (Å²) in [5, 5.41) is 28.7. The van der Waals surface area contributed by atoms with Crippen molar-refractivity contribution in [2.24, 2.45) is 0 Å². The zero-order valence-electron chi connectivity index (χ0n) is 10.3. The molecule has 8 N–H and O–H groups in total. The maximum Gasteiger partial charge on any atom is 0.224 e. The Kier molecular flexibility index (Phi) is 2.94. The highest BCUT2D eigenvalue weighted by molar-refractivity contribution is 5.82. The highest BCUT2D eigenvalue weighted by Gasteiger charge is 2.44. The van der Waals surface area contributed by atoms with Crippen molar-refractivity contribution in [2.75, 3.05) is 18.1 Å². The van der Waals surface area contributed by atoms with Gasteiger partial charge in [0, 0.05) is 0 Å². The van der Waals surface area contributed by atoms with Gasteiger partial charge in [0.2, 0.25) is 5.95 Å². The van der Waals surface area contributed by atoms with E-state index in [1.165, 1.54) is 0 Å². The standard InChI is InChI=1S/C10H14N6O4/c11-7-3-8(16-10(12)14-7)15-9(13-3)6-5(19)4(18)2(1-17)20-6/h2,4-6,17-19H,1H2,(H5,11,12,13,14,15,16)/t2-,4+,5-,6?/m1/s1. The Bertz CT molecular complexity index is 646. The van der Waals surface area contributed by atoms with E-state index in [-0.39, 0.29) is 23.2 Å². The van der Waals surface area contributed by atoms with E-state index in [4.69, 9.17) is 21.3 Å². The molecule has 0 radical (unpaired) electrons. The minimum atomic E-state index is -1.22. The number of aliphatic hydroxyl groups is 3. The number of nitrogens with zero attached hydrogens (tertiary/aromatic N) is 3. The van der Waals surface area contributed by atoms with Crippen LogP contribution in [0.5, 0.6) is 0 Å². The molecule has 2 aromatic heterocycles. The molecular formula is C10H14N6O4. The number of nitrogens with two attached hydrogens (primary N) is 2. The van der Waals surface area contributed by atoms with Crippen molar-refractivity contribution in [3.05, 3.63) is 5.82 Å². The van der Waals surface area contributed by atoms with Crippen LogP contribution < -0.4 is 11.5 Å². The number of anilines is 2. The fourth-order valence-corrected chi connectivity index (χ4v) is 2.21. The van der Waals surface area contributed by atoms with E-state index < -0.39 is 31.0 Å². The van der Waals surface area contributed by atoms with Crippen molar-refractivity contribution in [3.8, 4) is 0 Å². The normalized spacial score (nSPS) is 30.1. The van der Waals surface area contributed by atoms with Crippen LogP contribution in [0.15, 0.2) is 0 Å². The van der Waals surface area contributed by atoms with Crippen molar-refractivity contribution in [1.29, 1.82) is 0 Å². The summed E-state index contributed by atoms with van der Waals surface area (Å²) in [6.45, 7) is -0.413. The van der Waals surface area contributed by atoms with Crippen LogP contribution in [0.1, 0.15) is 11.9 Å². The Hall–Kier alpha value is -2.01. The van der Waals surface area contributed by atoms with Gasteiger partial charge < -0.3 is 36.5 Å². The molecule has 0 aliphatic carbocycles. The van der Waals surface area contributed by atoms with Crippen molar-refractivity contribution >= 4 is 22.9 Å². The molecule has 3 rings (SSSR count). The van der Waals surface area contributed by atoms with E-state index >= 15 is 0 Å². The number of aliphatic hydroxyl groups excluding tert-OH is 3. The van der Waals surface area contributed by atoms with Gasteiger partial charge in [-0.1, -0.05) is 0 Å². The van der Waals surface area contributed by atoms with Crippen LogP contribution in [0.4, 0.5) is 11.8 Å². The molecule has 0 amide bonds. The van der Waals surface area contributed by atoms with Crippen LogP contribution >= 0.6 is 0 Å². The van der Waals surface area contributed by atoms with Crippen LogP contribution in [-0.4, -0.2) is 60.2 Å². The molecule has 108 valence electrons. The molecule has 3 heterocycles. The predicted molar refractivity (Wildman–Crippen MR) is 67.2 cm³/mol. The summed E-state index contributed by atoms with van der Waals surface area (Å²) in [5.74, 6) is 0.335. The summed E-state index contributed by atoms with van der Waals surface area (Å²) in [4.78, 5) is 14.7. The van der Waals surface area contributed by atoms with Gasteiger partial charge in [0.05, 0.1) is 6.61 Å². The number of H-pyrrole nitrogens is 1. The number of nitrogens with one attached hydrogen (secondary N) is 1. The molecule has 4 atom stereocenters. The smallest absolute Gasteiger partial charge is 0.224 e. The molecule has 2 aromatic rings. The minimum Gasteiger partial charge on any atom is -0.394 e. The topological polar surface area (TPSA) is 176 Å². The molecule has 10 nitrogen and oxygen atoms in total. The molecule has 0 spiro atoms. The molecule has 1 saturated heterocycles. The molecular weight excluding hydrogens is 268 g/mol. The molecule has 10 heteroatoms. The SMILES string of the molecule is Nc1nc(N)c2[nH]c(C3O[C@H](CO)[C@H](O)[C@H]3O)nc2n1. The van der Waals surface area contributed by atoms with Crippen LogP contribution in [0, 0.1) is 0 Å². The molecule has 20 heavy (non-hydrogen) atoms. The first-order valence-electron chi connectivity index (χ1n) is 5.92. The number of aromatic nitrogens is 4. The number of nitrogen functional groups attached to an aromatic ring is 2. The lowest BCUT2D eigenvalue weighted by Crippen LogP contribution is -2.32. The summed E-state index contributed by atoms with van der Waals surface area (Å²) in [6.07, 6.45) is -4.22. The van der Waals surface area contributed by atoms with Crippen molar-refractivity contribution in [1.82, 2.24) is 19.9 Å².